The standard InChI is InChI=1S/C20H24N4O4/c1-3-6-20(19(27)28)7-9-24(12-16(20)25)18(26)15-11-22-17(23-13(15)2)14-5-4-8-21-10-14/h4-5,8,10-11,16,25H,3,6-7,9,12H2,1-2H3,(H,27,28)/t16-,20-/m0/s1. The number of aliphatic carboxylic acids is 1. The molecule has 0 aliphatic carbocycles. The van der Waals surface area contributed by atoms with Crippen molar-refractivity contribution < 1.29 is 19.8 Å². The summed E-state index contributed by atoms with van der Waals surface area (Å²) in [5.41, 5.74) is 0.431. The molecule has 0 radical (unpaired) electrons. The highest BCUT2D eigenvalue weighted by Crippen LogP contribution is 2.37. The Morgan fingerprint density at radius 3 is 2.71 bits per heavy atom. The first kappa shape index (κ1) is 19.9. The molecule has 1 aliphatic rings. The fraction of sp³-hybridized carbons (Fsp3) is 0.450. The van der Waals surface area contributed by atoms with Crippen molar-refractivity contribution in [2.45, 2.75) is 39.2 Å². The number of aryl methyl sites for hydroxylation is 1. The molecule has 2 N–H and O–H groups in total. The fourth-order valence-corrected chi connectivity index (χ4v) is 3.74. The minimum absolute atomic E-state index is 0.0189. The average molecular weight is 384 g/mol. The van der Waals surface area contributed by atoms with Crippen LogP contribution in [0.1, 0.15) is 42.2 Å². The molecule has 2 aromatic heterocycles. The topological polar surface area (TPSA) is 117 Å². The number of carbonyl (C=O) groups is 2. The molecule has 8 heteroatoms. The lowest BCUT2D eigenvalue weighted by Gasteiger charge is -2.42. The number of nitrogens with zero attached hydrogens (tertiary/aromatic N) is 4. The number of piperidine rings is 1. The molecule has 0 unspecified atom stereocenters. The number of β-amino-alcohol motifs (C(OH)–C–C–N with tert-alkyl or cyclic N) is 1. The second kappa shape index (κ2) is 8.02. The number of likely N-dealkylation sites (tertiary alicyclic amines) is 1. The lowest BCUT2D eigenvalue weighted by atomic mass is 9.72. The van der Waals surface area contributed by atoms with Gasteiger partial charge in [0.2, 0.25) is 0 Å². The molecule has 3 rings (SSSR count). The van der Waals surface area contributed by atoms with Crippen LogP contribution in [0.5, 0.6) is 0 Å². The second-order valence-electron chi connectivity index (χ2n) is 7.16. The largest absolute Gasteiger partial charge is 0.481 e. The normalized spacial score (nSPS) is 22.1. The minimum atomic E-state index is -1.19. The maximum absolute atomic E-state index is 12.9. The van der Waals surface area contributed by atoms with Crippen molar-refractivity contribution in [2.24, 2.45) is 5.41 Å². The molecule has 0 aromatic carbocycles. The van der Waals surface area contributed by atoms with Gasteiger partial charge in [-0.15, -0.1) is 0 Å². The van der Waals surface area contributed by atoms with Gasteiger partial charge in [0.15, 0.2) is 5.82 Å². The predicted molar refractivity (Wildman–Crippen MR) is 102 cm³/mol. The van der Waals surface area contributed by atoms with Crippen molar-refractivity contribution >= 4 is 11.9 Å². The van der Waals surface area contributed by atoms with Gasteiger partial charge in [-0.05, 0) is 31.9 Å². The average Bonchev–Trinajstić information content (AvgIpc) is 2.69. The van der Waals surface area contributed by atoms with Crippen LogP contribution in [-0.2, 0) is 4.79 Å². The molecule has 1 saturated heterocycles. The van der Waals surface area contributed by atoms with E-state index in [0.717, 1.165) is 5.56 Å². The Balaban J connectivity index is 1.79. The van der Waals surface area contributed by atoms with Gasteiger partial charge >= 0.3 is 5.97 Å². The maximum atomic E-state index is 12.9. The molecule has 2 aromatic rings. The number of hydrogen-bond donors (Lipinski definition) is 2. The number of aliphatic hydroxyl groups is 1. The van der Waals surface area contributed by atoms with Crippen LogP contribution in [0.2, 0.25) is 0 Å². The number of rotatable bonds is 5. The fourth-order valence-electron chi connectivity index (χ4n) is 3.74. The number of aromatic nitrogens is 3. The summed E-state index contributed by atoms with van der Waals surface area (Å²) in [7, 11) is 0. The summed E-state index contributed by atoms with van der Waals surface area (Å²) >= 11 is 0. The summed E-state index contributed by atoms with van der Waals surface area (Å²) < 4.78 is 0. The highest BCUT2D eigenvalue weighted by molar-refractivity contribution is 5.95. The summed E-state index contributed by atoms with van der Waals surface area (Å²) in [4.78, 5) is 38.9. The molecule has 3 heterocycles. The minimum Gasteiger partial charge on any atom is -0.481 e. The van der Waals surface area contributed by atoms with E-state index in [1.165, 1.54) is 11.1 Å². The van der Waals surface area contributed by atoms with Gasteiger partial charge in [0.25, 0.3) is 5.91 Å². The Bertz CT molecular complexity index is 874. The lowest BCUT2D eigenvalue weighted by Crippen LogP contribution is -2.56. The van der Waals surface area contributed by atoms with Crippen LogP contribution < -0.4 is 0 Å². The van der Waals surface area contributed by atoms with Gasteiger partial charge in [-0.1, -0.05) is 13.3 Å². The van der Waals surface area contributed by atoms with Crippen molar-refractivity contribution in [1.82, 2.24) is 19.9 Å². The Hall–Kier alpha value is -2.87. The lowest BCUT2D eigenvalue weighted by molar-refractivity contribution is -0.162. The summed E-state index contributed by atoms with van der Waals surface area (Å²) in [5, 5.41) is 20.2. The van der Waals surface area contributed by atoms with E-state index in [9.17, 15) is 19.8 Å². The van der Waals surface area contributed by atoms with Crippen LogP contribution in [0, 0.1) is 12.3 Å². The first-order chi connectivity index (χ1) is 13.4. The number of carboxylic acid groups (broad SMARTS) is 1. The summed E-state index contributed by atoms with van der Waals surface area (Å²) in [6.07, 6.45) is 4.93. The summed E-state index contributed by atoms with van der Waals surface area (Å²) in [5.74, 6) is -0.826. The van der Waals surface area contributed by atoms with Crippen LogP contribution in [0.3, 0.4) is 0 Å². The number of pyridine rings is 1. The third kappa shape index (κ3) is 3.60. The zero-order chi connectivity index (χ0) is 20.3. The number of carbonyl (C=O) groups excluding carboxylic acids is 1. The first-order valence-corrected chi connectivity index (χ1v) is 9.34. The molecule has 148 valence electrons. The number of hydrogen-bond acceptors (Lipinski definition) is 6. The van der Waals surface area contributed by atoms with Crippen LogP contribution >= 0.6 is 0 Å². The van der Waals surface area contributed by atoms with Crippen LogP contribution in [-0.4, -0.2) is 61.1 Å². The van der Waals surface area contributed by atoms with E-state index >= 15 is 0 Å². The van der Waals surface area contributed by atoms with E-state index < -0.39 is 17.5 Å². The Morgan fingerprint density at radius 2 is 2.14 bits per heavy atom. The van der Waals surface area contributed by atoms with Gasteiger partial charge < -0.3 is 15.1 Å². The van der Waals surface area contributed by atoms with Crippen molar-refractivity contribution in [3.8, 4) is 11.4 Å². The van der Waals surface area contributed by atoms with Gasteiger partial charge in [-0.2, -0.15) is 0 Å². The van der Waals surface area contributed by atoms with Crippen LogP contribution in [0.15, 0.2) is 30.7 Å². The van der Waals surface area contributed by atoms with E-state index in [1.807, 2.05) is 13.0 Å². The monoisotopic (exact) mass is 384 g/mol. The van der Waals surface area contributed by atoms with Crippen molar-refractivity contribution in [2.75, 3.05) is 13.1 Å². The molecule has 28 heavy (non-hydrogen) atoms. The maximum Gasteiger partial charge on any atom is 0.312 e. The third-order valence-corrected chi connectivity index (χ3v) is 5.40. The molecule has 2 atom stereocenters. The highest BCUT2D eigenvalue weighted by Gasteiger charge is 2.48. The quantitative estimate of drug-likeness (QED) is 0.809. The van der Waals surface area contributed by atoms with E-state index in [2.05, 4.69) is 15.0 Å². The smallest absolute Gasteiger partial charge is 0.312 e. The van der Waals surface area contributed by atoms with Crippen LogP contribution in [0.4, 0.5) is 0 Å². The highest BCUT2D eigenvalue weighted by atomic mass is 16.4. The molecular formula is C20H24N4O4. The third-order valence-electron chi connectivity index (χ3n) is 5.40. The van der Waals surface area contributed by atoms with Gasteiger partial charge in [0, 0.05) is 37.2 Å². The van der Waals surface area contributed by atoms with Crippen LogP contribution in [0.25, 0.3) is 11.4 Å². The van der Waals surface area contributed by atoms with Crippen molar-refractivity contribution in [3.63, 3.8) is 0 Å². The first-order valence-electron chi connectivity index (χ1n) is 9.34. The van der Waals surface area contributed by atoms with E-state index in [0.29, 0.717) is 29.9 Å². The number of aliphatic hydroxyl groups excluding tert-OH is 1. The molecule has 0 spiro atoms. The van der Waals surface area contributed by atoms with Crippen molar-refractivity contribution in [3.05, 3.63) is 42.0 Å². The van der Waals surface area contributed by atoms with E-state index in [1.54, 1.807) is 25.4 Å². The van der Waals surface area contributed by atoms with E-state index in [-0.39, 0.29) is 25.4 Å². The van der Waals surface area contributed by atoms with E-state index in [4.69, 9.17) is 0 Å². The Morgan fingerprint density at radius 1 is 1.36 bits per heavy atom. The second-order valence-corrected chi connectivity index (χ2v) is 7.16. The molecule has 0 saturated carbocycles. The van der Waals surface area contributed by atoms with Gasteiger partial charge in [-0.25, -0.2) is 9.97 Å². The molecule has 1 fully saturated rings. The SMILES string of the molecule is CCC[C@]1(C(=O)O)CCN(C(=O)c2cnc(-c3cccnc3)nc2C)C[C@@H]1O. The molecule has 0 bridgehead atoms. The zero-order valence-electron chi connectivity index (χ0n) is 16.0. The number of carboxylic acids is 1. The summed E-state index contributed by atoms with van der Waals surface area (Å²) in [6.45, 7) is 3.87. The van der Waals surface area contributed by atoms with Gasteiger partial charge in [0.05, 0.1) is 22.8 Å². The molecule has 8 nitrogen and oxygen atoms in total. The number of amides is 1. The van der Waals surface area contributed by atoms with Crippen molar-refractivity contribution in [1.29, 1.82) is 0 Å². The zero-order valence-corrected chi connectivity index (χ0v) is 16.0. The van der Waals surface area contributed by atoms with Gasteiger partial charge in [0.1, 0.15) is 0 Å². The molecule has 1 aliphatic heterocycles. The predicted octanol–water partition coefficient (Wildman–Crippen LogP) is 1.92. The Kier molecular flexibility index (Phi) is 5.69. The molecule has 1 amide bonds. The van der Waals surface area contributed by atoms with Gasteiger partial charge in [-0.3, -0.25) is 14.6 Å². The Labute approximate surface area is 163 Å². The molecular weight excluding hydrogens is 360 g/mol. The summed E-state index contributed by atoms with van der Waals surface area (Å²) in [6, 6.07) is 3.62.